The van der Waals surface area contributed by atoms with E-state index in [1.165, 1.54) is 5.56 Å². The van der Waals surface area contributed by atoms with Gasteiger partial charge in [0.1, 0.15) is 0 Å². The number of nitrogens with one attached hydrogen (secondary N) is 1. The van der Waals surface area contributed by atoms with E-state index in [1.807, 2.05) is 24.3 Å². The summed E-state index contributed by atoms with van der Waals surface area (Å²) >= 11 is 5.88. The lowest BCUT2D eigenvalue weighted by atomic mass is 10.1. The molecule has 1 N–H and O–H groups in total. The lowest BCUT2D eigenvalue weighted by molar-refractivity contribution is 0.618. The van der Waals surface area contributed by atoms with E-state index in [0.717, 1.165) is 11.6 Å². The van der Waals surface area contributed by atoms with Crippen LogP contribution in [-0.4, -0.2) is 6.54 Å². The van der Waals surface area contributed by atoms with Gasteiger partial charge in [0.25, 0.3) is 0 Å². The summed E-state index contributed by atoms with van der Waals surface area (Å²) in [7, 11) is 0. The molecule has 1 aromatic carbocycles. The minimum Gasteiger partial charge on any atom is -0.307 e. The number of benzene rings is 1. The van der Waals surface area contributed by atoms with Crippen LogP contribution in [0.4, 0.5) is 0 Å². The minimum absolute atomic E-state index is 0.316. The van der Waals surface area contributed by atoms with Crippen LogP contribution >= 0.6 is 11.6 Å². The second kappa shape index (κ2) is 5.05. The molecule has 0 bridgehead atoms. The summed E-state index contributed by atoms with van der Waals surface area (Å²) in [6.45, 7) is 6.57. The molecule has 0 spiro atoms. The number of hydrogen-bond donors (Lipinski definition) is 1. The molecule has 1 nitrogen and oxygen atoms in total. The minimum atomic E-state index is 0.316. The van der Waals surface area contributed by atoms with Crippen molar-refractivity contribution >= 4 is 11.6 Å². The highest BCUT2D eigenvalue weighted by molar-refractivity contribution is 6.30. The van der Waals surface area contributed by atoms with Gasteiger partial charge in [-0.25, -0.2) is 0 Å². The maximum absolute atomic E-state index is 5.88. The lowest BCUT2D eigenvalue weighted by Crippen LogP contribution is -2.18. The number of hydrogen-bond acceptors (Lipinski definition) is 1. The van der Waals surface area contributed by atoms with Crippen LogP contribution in [0.2, 0.25) is 5.02 Å². The molecule has 0 aliphatic heterocycles. The maximum atomic E-state index is 5.88. The van der Waals surface area contributed by atoms with E-state index in [-0.39, 0.29) is 0 Å². The van der Waals surface area contributed by atoms with Crippen molar-refractivity contribution in [3.8, 4) is 0 Å². The molecule has 1 atom stereocenters. The molecule has 0 amide bonds. The highest BCUT2D eigenvalue weighted by Crippen LogP contribution is 2.16. The zero-order valence-corrected chi connectivity index (χ0v) is 8.51. The molecule has 0 aromatic heterocycles. The molecule has 0 radical (unpaired) electrons. The van der Waals surface area contributed by atoms with Gasteiger partial charge >= 0.3 is 0 Å². The van der Waals surface area contributed by atoms with Gasteiger partial charge in [-0.15, -0.1) is 6.58 Å². The van der Waals surface area contributed by atoms with E-state index < -0.39 is 0 Å². The molecule has 0 unspecified atom stereocenters. The molecule has 0 heterocycles. The van der Waals surface area contributed by atoms with Gasteiger partial charge in [-0.2, -0.15) is 0 Å². The number of halogens is 1. The van der Waals surface area contributed by atoms with Gasteiger partial charge in [-0.3, -0.25) is 0 Å². The summed E-state index contributed by atoms with van der Waals surface area (Å²) < 4.78 is 0. The zero-order chi connectivity index (χ0) is 9.68. The Morgan fingerprint density at radius 1 is 1.62 bits per heavy atom. The Kier molecular flexibility index (Phi) is 4.00. The Balaban J connectivity index is 2.65. The number of rotatable bonds is 4. The Morgan fingerprint density at radius 3 is 3.00 bits per heavy atom. The largest absolute Gasteiger partial charge is 0.307 e. The third-order valence-electron chi connectivity index (χ3n) is 1.92. The predicted octanol–water partition coefficient (Wildman–Crippen LogP) is 3.18. The molecular formula is C11H14ClN. The molecule has 2 heteroatoms. The van der Waals surface area contributed by atoms with Crippen LogP contribution in [0, 0.1) is 0 Å². The molecule has 0 saturated heterocycles. The second-order valence-corrected chi connectivity index (χ2v) is 3.41. The van der Waals surface area contributed by atoms with Gasteiger partial charge < -0.3 is 5.32 Å². The molecule has 13 heavy (non-hydrogen) atoms. The van der Waals surface area contributed by atoms with Crippen molar-refractivity contribution in [3.63, 3.8) is 0 Å². The van der Waals surface area contributed by atoms with Gasteiger partial charge in [-0.1, -0.05) is 29.8 Å². The molecule has 1 rings (SSSR count). The summed E-state index contributed by atoms with van der Waals surface area (Å²) in [6.07, 6.45) is 1.85. The van der Waals surface area contributed by atoms with Crippen molar-refractivity contribution in [1.29, 1.82) is 0 Å². The van der Waals surface area contributed by atoms with Crippen molar-refractivity contribution in [1.82, 2.24) is 5.32 Å². The maximum Gasteiger partial charge on any atom is 0.0409 e. The van der Waals surface area contributed by atoms with Gasteiger partial charge in [0.15, 0.2) is 0 Å². The zero-order valence-electron chi connectivity index (χ0n) is 7.76. The van der Waals surface area contributed by atoms with E-state index in [9.17, 15) is 0 Å². The molecule has 70 valence electrons. The average molecular weight is 196 g/mol. The molecule has 0 fully saturated rings. The first kappa shape index (κ1) is 10.3. The van der Waals surface area contributed by atoms with Crippen LogP contribution in [0.15, 0.2) is 36.9 Å². The van der Waals surface area contributed by atoms with Gasteiger partial charge in [0, 0.05) is 17.6 Å². The summed E-state index contributed by atoms with van der Waals surface area (Å²) in [5.74, 6) is 0. The summed E-state index contributed by atoms with van der Waals surface area (Å²) in [4.78, 5) is 0. The van der Waals surface area contributed by atoms with E-state index in [2.05, 4.69) is 24.9 Å². The fourth-order valence-electron chi connectivity index (χ4n) is 1.15. The molecule has 0 saturated carbocycles. The Bertz CT molecular complexity index is 283. The third kappa shape index (κ3) is 3.21. The van der Waals surface area contributed by atoms with E-state index >= 15 is 0 Å². The monoisotopic (exact) mass is 195 g/mol. The van der Waals surface area contributed by atoms with Gasteiger partial charge in [-0.05, 0) is 24.6 Å². The smallest absolute Gasteiger partial charge is 0.0409 e. The fourth-order valence-corrected chi connectivity index (χ4v) is 1.35. The van der Waals surface area contributed by atoms with E-state index in [4.69, 9.17) is 11.6 Å². The summed E-state index contributed by atoms with van der Waals surface area (Å²) in [5.41, 5.74) is 1.20. The van der Waals surface area contributed by atoms with Crippen molar-refractivity contribution in [2.24, 2.45) is 0 Å². The van der Waals surface area contributed by atoms with Crippen LogP contribution in [-0.2, 0) is 0 Å². The van der Waals surface area contributed by atoms with Crippen LogP contribution in [0.25, 0.3) is 0 Å². The fraction of sp³-hybridized carbons (Fsp3) is 0.273. The quantitative estimate of drug-likeness (QED) is 0.728. The summed E-state index contributed by atoms with van der Waals surface area (Å²) in [6, 6.07) is 8.20. The normalized spacial score (nSPS) is 12.5. The van der Waals surface area contributed by atoms with Crippen molar-refractivity contribution in [2.75, 3.05) is 6.54 Å². The first-order valence-corrected chi connectivity index (χ1v) is 4.71. The topological polar surface area (TPSA) is 12.0 Å². The van der Waals surface area contributed by atoms with Crippen molar-refractivity contribution < 1.29 is 0 Å². The van der Waals surface area contributed by atoms with Crippen LogP contribution < -0.4 is 5.32 Å². The Hall–Kier alpha value is -0.790. The molecular weight excluding hydrogens is 182 g/mol. The highest BCUT2D eigenvalue weighted by Gasteiger charge is 2.02. The first-order valence-electron chi connectivity index (χ1n) is 4.34. The van der Waals surface area contributed by atoms with Crippen molar-refractivity contribution in [3.05, 3.63) is 47.5 Å². The predicted molar refractivity (Wildman–Crippen MR) is 58.1 cm³/mol. The SMILES string of the molecule is C=CCN[C@@H](C)c1cccc(Cl)c1. The van der Waals surface area contributed by atoms with E-state index in [1.54, 1.807) is 0 Å². The standard InChI is InChI=1S/C11H14ClN/c1-3-7-13-9(2)10-5-4-6-11(12)8-10/h3-6,8-9,13H,1,7H2,2H3/t9-/m0/s1. The molecule has 0 aliphatic carbocycles. The highest BCUT2D eigenvalue weighted by atomic mass is 35.5. The lowest BCUT2D eigenvalue weighted by Gasteiger charge is -2.12. The Morgan fingerprint density at radius 2 is 2.38 bits per heavy atom. The van der Waals surface area contributed by atoms with E-state index in [0.29, 0.717) is 6.04 Å². The average Bonchev–Trinajstić information content (AvgIpc) is 2.14. The first-order chi connectivity index (χ1) is 6.24. The van der Waals surface area contributed by atoms with Crippen LogP contribution in [0.1, 0.15) is 18.5 Å². The second-order valence-electron chi connectivity index (χ2n) is 2.97. The van der Waals surface area contributed by atoms with Gasteiger partial charge in [0.05, 0.1) is 0 Å². The summed E-state index contributed by atoms with van der Waals surface area (Å²) in [5, 5.41) is 4.08. The van der Waals surface area contributed by atoms with Crippen LogP contribution in [0.3, 0.4) is 0 Å². The third-order valence-corrected chi connectivity index (χ3v) is 2.15. The Labute approximate surface area is 84.4 Å². The van der Waals surface area contributed by atoms with Crippen molar-refractivity contribution in [2.45, 2.75) is 13.0 Å². The molecule has 1 aromatic rings. The van der Waals surface area contributed by atoms with Crippen LogP contribution in [0.5, 0.6) is 0 Å². The molecule has 0 aliphatic rings. The van der Waals surface area contributed by atoms with Gasteiger partial charge in [0.2, 0.25) is 0 Å².